The Balaban J connectivity index is 1.46. The summed E-state index contributed by atoms with van der Waals surface area (Å²) in [6.07, 6.45) is 6.17. The molecule has 1 fully saturated rings. The van der Waals surface area contributed by atoms with Gasteiger partial charge in [-0.2, -0.15) is 0 Å². The summed E-state index contributed by atoms with van der Waals surface area (Å²) in [7, 11) is 0. The zero-order chi connectivity index (χ0) is 19.3. The number of rotatable bonds is 13. The predicted molar refractivity (Wildman–Crippen MR) is 125 cm³/mol. The van der Waals surface area contributed by atoms with Crippen LogP contribution < -0.4 is 10.2 Å². The predicted octanol–water partition coefficient (Wildman–Crippen LogP) is 4.87. The Bertz CT molecular complexity index is 487. The van der Waals surface area contributed by atoms with Gasteiger partial charge in [-0.15, -0.1) is 0 Å². The van der Waals surface area contributed by atoms with E-state index in [1.54, 1.807) is 0 Å². The van der Waals surface area contributed by atoms with Gasteiger partial charge in [0.15, 0.2) is 0 Å². The van der Waals surface area contributed by atoms with Crippen LogP contribution in [0.5, 0.6) is 0 Å². The number of nitrogens with zero attached hydrogens (tertiary/aromatic N) is 2. The highest BCUT2D eigenvalue weighted by Gasteiger charge is 2.14. The number of unbranched alkanes of at least 4 members (excludes halogenated alkanes) is 2. The van der Waals surface area contributed by atoms with E-state index in [1.165, 1.54) is 36.9 Å². The van der Waals surface area contributed by atoms with Crippen molar-refractivity contribution in [2.45, 2.75) is 52.5 Å². The molecule has 0 saturated carbocycles. The van der Waals surface area contributed by atoms with Gasteiger partial charge < -0.3 is 15.0 Å². The minimum atomic E-state index is 0.818. The summed E-state index contributed by atoms with van der Waals surface area (Å²) in [6.45, 7) is 13.0. The number of nitrogens with one attached hydrogen (secondary N) is 1. The van der Waals surface area contributed by atoms with Crippen molar-refractivity contribution in [2.75, 3.05) is 50.8 Å². The van der Waals surface area contributed by atoms with Crippen molar-refractivity contribution in [3.05, 3.63) is 29.8 Å². The van der Waals surface area contributed by atoms with E-state index >= 15 is 0 Å². The molecule has 1 N–H and O–H groups in total. The second-order valence-electron chi connectivity index (χ2n) is 7.95. The van der Waals surface area contributed by atoms with Crippen LogP contribution in [0.15, 0.2) is 24.3 Å². The molecule has 0 unspecified atom stereocenters. The van der Waals surface area contributed by atoms with Crippen LogP contribution in [0.4, 0.5) is 5.69 Å². The first kappa shape index (κ1) is 22.9. The molecule has 0 spiro atoms. The molecule has 1 aliphatic rings. The molecule has 0 aliphatic carbocycles. The average Bonchev–Trinajstić information content (AvgIpc) is 2.67. The van der Waals surface area contributed by atoms with E-state index < -0.39 is 0 Å². The van der Waals surface area contributed by atoms with Crippen molar-refractivity contribution < 1.29 is 4.74 Å². The molecule has 1 saturated heterocycles. The molecule has 1 aromatic carbocycles. The third-order valence-electron chi connectivity index (χ3n) is 5.07. The first-order valence-corrected chi connectivity index (χ1v) is 11.6. The fourth-order valence-electron chi connectivity index (χ4n) is 3.31. The van der Waals surface area contributed by atoms with Gasteiger partial charge in [-0.25, -0.2) is 3.11 Å². The highest BCUT2D eigenvalue weighted by Crippen LogP contribution is 2.18. The van der Waals surface area contributed by atoms with Crippen LogP contribution in [-0.2, 0) is 11.3 Å². The fraction of sp³-hybridized carbons (Fsp3) is 0.727. The Morgan fingerprint density at radius 3 is 2.30 bits per heavy atom. The van der Waals surface area contributed by atoms with Gasteiger partial charge in [-0.1, -0.05) is 38.8 Å². The van der Waals surface area contributed by atoms with Crippen molar-refractivity contribution >= 4 is 28.6 Å². The van der Waals surface area contributed by atoms with Crippen LogP contribution in [0, 0.1) is 5.92 Å². The Morgan fingerprint density at radius 1 is 0.963 bits per heavy atom. The van der Waals surface area contributed by atoms with Crippen LogP contribution in [0.25, 0.3) is 0 Å². The topological polar surface area (TPSA) is 27.7 Å². The first-order chi connectivity index (χ1) is 13.1. The standard InChI is InChI=1S/C22H38IN3O/c1-20(2)7-3-5-17-27-18-6-4-12-24-19-21-8-10-22(11-9-21)25-13-15-26(23)16-14-25/h8-11,20,24H,3-7,12-19H2,1-2H3. The minimum absolute atomic E-state index is 0.818. The number of benzene rings is 1. The van der Waals surface area contributed by atoms with Gasteiger partial charge in [-0.3, -0.25) is 0 Å². The van der Waals surface area contributed by atoms with Crippen molar-refractivity contribution in [3.8, 4) is 0 Å². The molecular weight excluding hydrogens is 449 g/mol. The molecule has 0 atom stereocenters. The first-order valence-electron chi connectivity index (χ1n) is 10.7. The van der Waals surface area contributed by atoms with Crippen LogP contribution >= 0.6 is 22.9 Å². The maximum Gasteiger partial charge on any atom is 0.0466 e. The van der Waals surface area contributed by atoms with Crippen molar-refractivity contribution in [2.24, 2.45) is 5.92 Å². The Hall–Kier alpha value is -0.370. The number of hydrogen-bond donors (Lipinski definition) is 1. The Labute approximate surface area is 180 Å². The van der Waals surface area contributed by atoms with Crippen molar-refractivity contribution in [1.29, 1.82) is 0 Å². The lowest BCUT2D eigenvalue weighted by atomic mass is 10.1. The van der Waals surface area contributed by atoms with Crippen LogP contribution in [0.1, 0.15) is 51.5 Å². The zero-order valence-corrected chi connectivity index (χ0v) is 19.4. The van der Waals surface area contributed by atoms with Gasteiger partial charge in [0.25, 0.3) is 0 Å². The summed E-state index contributed by atoms with van der Waals surface area (Å²) < 4.78 is 8.09. The Morgan fingerprint density at radius 2 is 1.63 bits per heavy atom. The van der Waals surface area contributed by atoms with E-state index in [9.17, 15) is 0 Å². The lowest BCUT2D eigenvalue weighted by Gasteiger charge is -2.33. The maximum absolute atomic E-state index is 5.72. The normalized spacial score (nSPS) is 15.6. The van der Waals surface area contributed by atoms with Crippen LogP contribution in [0.2, 0.25) is 0 Å². The molecule has 0 bridgehead atoms. The molecule has 4 nitrogen and oxygen atoms in total. The second kappa shape index (κ2) is 13.7. The molecule has 154 valence electrons. The van der Waals surface area contributed by atoms with E-state index in [0.29, 0.717) is 0 Å². The molecule has 27 heavy (non-hydrogen) atoms. The van der Waals surface area contributed by atoms with Crippen LogP contribution in [0.3, 0.4) is 0 Å². The quantitative estimate of drug-likeness (QED) is 0.244. The smallest absolute Gasteiger partial charge is 0.0466 e. The summed E-state index contributed by atoms with van der Waals surface area (Å²) in [5, 5.41) is 3.55. The van der Waals surface area contributed by atoms with E-state index in [4.69, 9.17) is 4.74 Å². The van der Waals surface area contributed by atoms with E-state index in [2.05, 4.69) is 74.3 Å². The summed E-state index contributed by atoms with van der Waals surface area (Å²) in [6, 6.07) is 9.07. The van der Waals surface area contributed by atoms with Crippen molar-refractivity contribution in [3.63, 3.8) is 0 Å². The fourth-order valence-corrected chi connectivity index (χ4v) is 3.74. The SMILES string of the molecule is CC(C)CCCCOCCCCNCc1ccc(N2CCN(I)CC2)cc1. The molecule has 1 aromatic rings. The Kier molecular flexibility index (Phi) is 11.7. The average molecular weight is 487 g/mol. The van der Waals surface area contributed by atoms with E-state index in [0.717, 1.165) is 64.8 Å². The largest absolute Gasteiger partial charge is 0.381 e. The monoisotopic (exact) mass is 487 g/mol. The zero-order valence-electron chi connectivity index (χ0n) is 17.3. The number of anilines is 1. The maximum atomic E-state index is 5.72. The molecule has 0 amide bonds. The molecule has 0 radical (unpaired) electrons. The highest BCUT2D eigenvalue weighted by molar-refractivity contribution is 14.1. The van der Waals surface area contributed by atoms with E-state index in [1.807, 2.05) is 0 Å². The van der Waals surface area contributed by atoms with Crippen LogP contribution in [-0.4, -0.2) is 49.1 Å². The summed E-state index contributed by atoms with van der Waals surface area (Å²) in [5.74, 6) is 0.818. The molecule has 1 heterocycles. The second-order valence-corrected chi connectivity index (χ2v) is 9.31. The number of piperazine rings is 1. The highest BCUT2D eigenvalue weighted by atomic mass is 127. The van der Waals surface area contributed by atoms with Gasteiger partial charge in [0.1, 0.15) is 0 Å². The van der Waals surface area contributed by atoms with Gasteiger partial charge in [0, 0.05) is 74.5 Å². The van der Waals surface area contributed by atoms with Gasteiger partial charge in [0.05, 0.1) is 0 Å². The van der Waals surface area contributed by atoms with Gasteiger partial charge in [-0.05, 0) is 49.4 Å². The third kappa shape index (κ3) is 10.1. The molecule has 5 heteroatoms. The molecule has 2 rings (SSSR count). The minimum Gasteiger partial charge on any atom is -0.381 e. The lowest BCUT2D eigenvalue weighted by molar-refractivity contribution is 0.125. The number of hydrogen-bond acceptors (Lipinski definition) is 4. The molecular formula is C22H38IN3O. The number of ether oxygens (including phenoxy) is 1. The summed E-state index contributed by atoms with van der Waals surface area (Å²) in [5.41, 5.74) is 2.72. The molecule has 0 aromatic heterocycles. The van der Waals surface area contributed by atoms with Gasteiger partial charge >= 0.3 is 0 Å². The number of halogens is 1. The third-order valence-corrected chi connectivity index (χ3v) is 6.03. The van der Waals surface area contributed by atoms with Crippen molar-refractivity contribution in [1.82, 2.24) is 8.43 Å². The lowest BCUT2D eigenvalue weighted by Crippen LogP contribution is -2.42. The summed E-state index contributed by atoms with van der Waals surface area (Å²) in [4.78, 5) is 2.48. The van der Waals surface area contributed by atoms with Gasteiger partial charge in [0.2, 0.25) is 0 Å². The van der Waals surface area contributed by atoms with E-state index in [-0.39, 0.29) is 0 Å². The summed E-state index contributed by atoms with van der Waals surface area (Å²) >= 11 is 2.42. The molecule has 1 aliphatic heterocycles.